The molecule has 0 amide bonds. The fraction of sp³-hybridized carbons (Fsp3) is 0.455. The molecule has 4 heteroatoms. The highest BCUT2D eigenvalue weighted by Gasteiger charge is 2.17. The Bertz CT molecular complexity index is 305. The summed E-state index contributed by atoms with van der Waals surface area (Å²) in [6, 6.07) is 4.70. The van der Waals surface area contributed by atoms with E-state index in [1.807, 2.05) is 13.8 Å². The third kappa shape index (κ3) is 2.84. The first kappa shape index (κ1) is 11.8. The molecule has 84 valence electrons. The third-order valence-corrected chi connectivity index (χ3v) is 1.94. The van der Waals surface area contributed by atoms with Crippen molar-refractivity contribution >= 4 is 0 Å². The maximum absolute atomic E-state index is 9.61. The van der Waals surface area contributed by atoms with E-state index in [9.17, 15) is 10.2 Å². The Morgan fingerprint density at radius 3 is 2.27 bits per heavy atom. The number of rotatable bonds is 5. The summed E-state index contributed by atoms with van der Waals surface area (Å²) < 4.78 is 10.6. The van der Waals surface area contributed by atoms with Gasteiger partial charge in [-0.2, -0.15) is 0 Å². The highest BCUT2D eigenvalue weighted by molar-refractivity contribution is 5.44. The Labute approximate surface area is 89.1 Å². The van der Waals surface area contributed by atoms with Crippen molar-refractivity contribution in [2.45, 2.75) is 20.1 Å². The van der Waals surface area contributed by atoms with Gasteiger partial charge in [0.1, 0.15) is 0 Å². The Balaban J connectivity index is 2.94. The molecule has 1 aromatic carbocycles. The van der Waals surface area contributed by atoms with Gasteiger partial charge in [0, 0.05) is 13.2 Å². The van der Waals surface area contributed by atoms with E-state index < -0.39 is 6.29 Å². The number of hydrogen-bond acceptors (Lipinski definition) is 4. The van der Waals surface area contributed by atoms with E-state index >= 15 is 0 Å². The van der Waals surface area contributed by atoms with Crippen molar-refractivity contribution in [1.29, 1.82) is 0 Å². The maximum Gasteiger partial charge on any atom is 0.187 e. The van der Waals surface area contributed by atoms with Gasteiger partial charge in [0.2, 0.25) is 0 Å². The molecule has 1 aromatic rings. The van der Waals surface area contributed by atoms with Crippen molar-refractivity contribution in [3.8, 4) is 11.5 Å². The first-order chi connectivity index (χ1) is 7.20. The van der Waals surface area contributed by atoms with Gasteiger partial charge >= 0.3 is 0 Å². The van der Waals surface area contributed by atoms with E-state index in [0.717, 1.165) is 0 Å². The molecule has 0 fully saturated rings. The van der Waals surface area contributed by atoms with Crippen LogP contribution in [0.4, 0.5) is 0 Å². The molecule has 0 aliphatic rings. The van der Waals surface area contributed by atoms with E-state index in [1.165, 1.54) is 6.07 Å². The summed E-state index contributed by atoms with van der Waals surface area (Å²) >= 11 is 0. The number of hydrogen-bond donors (Lipinski definition) is 2. The van der Waals surface area contributed by atoms with Gasteiger partial charge in [-0.15, -0.1) is 0 Å². The minimum absolute atomic E-state index is 0.170. The van der Waals surface area contributed by atoms with E-state index in [2.05, 4.69) is 0 Å². The van der Waals surface area contributed by atoms with Gasteiger partial charge in [0.05, 0.1) is 5.56 Å². The summed E-state index contributed by atoms with van der Waals surface area (Å²) in [7, 11) is 0. The highest BCUT2D eigenvalue weighted by atomic mass is 16.7. The van der Waals surface area contributed by atoms with Crippen LogP contribution in [0.25, 0.3) is 0 Å². The predicted molar refractivity (Wildman–Crippen MR) is 55.8 cm³/mol. The number of aromatic hydroxyl groups is 2. The lowest BCUT2D eigenvalue weighted by Crippen LogP contribution is -2.08. The summed E-state index contributed by atoms with van der Waals surface area (Å²) in [5.41, 5.74) is 0.443. The SMILES string of the molecule is CCOC(OCC)c1cccc(O)c1O. The van der Waals surface area contributed by atoms with Crippen LogP contribution in [0.2, 0.25) is 0 Å². The normalized spacial score (nSPS) is 10.9. The molecule has 0 aliphatic heterocycles. The maximum atomic E-state index is 9.61. The van der Waals surface area contributed by atoms with E-state index in [0.29, 0.717) is 18.8 Å². The van der Waals surface area contributed by atoms with Gasteiger partial charge in [-0.05, 0) is 26.0 Å². The highest BCUT2D eigenvalue weighted by Crippen LogP contribution is 2.34. The van der Waals surface area contributed by atoms with Gasteiger partial charge in [0.25, 0.3) is 0 Å². The third-order valence-electron chi connectivity index (χ3n) is 1.94. The monoisotopic (exact) mass is 212 g/mol. The second-order valence-corrected chi connectivity index (χ2v) is 2.96. The molecular weight excluding hydrogens is 196 g/mol. The summed E-state index contributed by atoms with van der Waals surface area (Å²) in [5, 5.41) is 18.9. The average Bonchev–Trinajstić information content (AvgIpc) is 2.22. The quantitative estimate of drug-likeness (QED) is 0.580. The number of phenols is 2. The molecule has 0 spiro atoms. The number of para-hydroxylation sites is 1. The van der Waals surface area contributed by atoms with Crippen molar-refractivity contribution in [2.75, 3.05) is 13.2 Å². The van der Waals surface area contributed by atoms with Crippen LogP contribution in [-0.4, -0.2) is 23.4 Å². The zero-order valence-electron chi connectivity index (χ0n) is 8.93. The minimum atomic E-state index is -0.632. The Kier molecular flexibility index (Phi) is 4.39. The van der Waals surface area contributed by atoms with Crippen molar-refractivity contribution < 1.29 is 19.7 Å². The fourth-order valence-electron chi connectivity index (χ4n) is 1.27. The van der Waals surface area contributed by atoms with Crippen LogP contribution in [0.1, 0.15) is 25.7 Å². The van der Waals surface area contributed by atoms with Gasteiger partial charge in [0.15, 0.2) is 17.8 Å². The Hall–Kier alpha value is -1.26. The van der Waals surface area contributed by atoms with E-state index in [1.54, 1.807) is 12.1 Å². The zero-order chi connectivity index (χ0) is 11.3. The average molecular weight is 212 g/mol. The summed E-state index contributed by atoms with van der Waals surface area (Å²) in [6.07, 6.45) is -0.632. The molecule has 0 bridgehead atoms. The van der Waals surface area contributed by atoms with Crippen LogP contribution in [0.15, 0.2) is 18.2 Å². The van der Waals surface area contributed by atoms with Crippen LogP contribution in [0, 0.1) is 0 Å². The topological polar surface area (TPSA) is 58.9 Å². The fourth-order valence-corrected chi connectivity index (χ4v) is 1.27. The van der Waals surface area contributed by atoms with Crippen molar-refractivity contribution in [3.05, 3.63) is 23.8 Å². The second-order valence-electron chi connectivity index (χ2n) is 2.96. The predicted octanol–water partition coefficient (Wildman–Crippen LogP) is 2.17. The first-order valence-electron chi connectivity index (χ1n) is 4.94. The van der Waals surface area contributed by atoms with Gasteiger partial charge in [-0.1, -0.05) is 6.07 Å². The van der Waals surface area contributed by atoms with Crippen molar-refractivity contribution in [3.63, 3.8) is 0 Å². The molecule has 0 heterocycles. The molecule has 0 aromatic heterocycles. The molecule has 4 nitrogen and oxygen atoms in total. The minimum Gasteiger partial charge on any atom is -0.504 e. The molecule has 0 saturated carbocycles. The first-order valence-corrected chi connectivity index (χ1v) is 4.94. The van der Waals surface area contributed by atoms with Crippen molar-refractivity contribution in [1.82, 2.24) is 0 Å². The molecule has 2 N–H and O–H groups in total. The molecule has 0 radical (unpaired) electrons. The summed E-state index contributed by atoms with van der Waals surface area (Å²) in [6.45, 7) is 4.62. The van der Waals surface area contributed by atoms with Crippen LogP contribution in [0.3, 0.4) is 0 Å². The molecular formula is C11H16O4. The Morgan fingerprint density at radius 2 is 1.73 bits per heavy atom. The smallest absolute Gasteiger partial charge is 0.187 e. The zero-order valence-corrected chi connectivity index (χ0v) is 8.93. The second kappa shape index (κ2) is 5.58. The standard InChI is InChI=1S/C11H16O4/c1-3-14-11(15-4-2)8-6-5-7-9(12)10(8)13/h5-7,11-13H,3-4H2,1-2H3. The summed E-state index contributed by atoms with van der Waals surface area (Å²) in [5.74, 6) is -0.360. The van der Waals surface area contributed by atoms with E-state index in [4.69, 9.17) is 9.47 Å². The van der Waals surface area contributed by atoms with Crippen LogP contribution in [-0.2, 0) is 9.47 Å². The molecule has 1 rings (SSSR count). The molecule has 0 saturated heterocycles. The lowest BCUT2D eigenvalue weighted by atomic mass is 10.2. The van der Waals surface area contributed by atoms with Crippen LogP contribution >= 0.6 is 0 Å². The van der Waals surface area contributed by atoms with Crippen molar-refractivity contribution in [2.24, 2.45) is 0 Å². The Morgan fingerprint density at radius 1 is 1.13 bits per heavy atom. The molecule has 0 unspecified atom stereocenters. The molecule has 0 aliphatic carbocycles. The van der Waals surface area contributed by atoms with Crippen LogP contribution in [0.5, 0.6) is 11.5 Å². The molecule has 0 atom stereocenters. The number of benzene rings is 1. The lowest BCUT2D eigenvalue weighted by Gasteiger charge is -2.18. The largest absolute Gasteiger partial charge is 0.504 e. The number of ether oxygens (including phenoxy) is 2. The van der Waals surface area contributed by atoms with Gasteiger partial charge < -0.3 is 19.7 Å². The lowest BCUT2D eigenvalue weighted by molar-refractivity contribution is -0.141. The number of phenolic OH excluding ortho intramolecular Hbond substituents is 2. The van der Waals surface area contributed by atoms with Gasteiger partial charge in [-0.25, -0.2) is 0 Å². The molecule has 15 heavy (non-hydrogen) atoms. The summed E-state index contributed by atoms with van der Waals surface area (Å²) in [4.78, 5) is 0. The van der Waals surface area contributed by atoms with Crippen LogP contribution < -0.4 is 0 Å². The van der Waals surface area contributed by atoms with Gasteiger partial charge in [-0.3, -0.25) is 0 Å². The van der Waals surface area contributed by atoms with E-state index in [-0.39, 0.29) is 11.5 Å².